The van der Waals surface area contributed by atoms with E-state index in [-0.39, 0.29) is 11.8 Å². The third kappa shape index (κ3) is 3.96. The first kappa shape index (κ1) is 21.2. The average Bonchev–Trinajstić information content (AvgIpc) is 3.55. The Bertz CT molecular complexity index is 979. The van der Waals surface area contributed by atoms with Gasteiger partial charge in [0.25, 0.3) is 0 Å². The summed E-state index contributed by atoms with van der Waals surface area (Å²) in [5.74, 6) is 0.947. The van der Waals surface area contributed by atoms with Gasteiger partial charge in [0.15, 0.2) is 0 Å². The summed E-state index contributed by atoms with van der Waals surface area (Å²) in [4.78, 5) is 30.0. The maximum atomic E-state index is 14.0. The van der Waals surface area contributed by atoms with Gasteiger partial charge in [-0.15, -0.1) is 0 Å². The van der Waals surface area contributed by atoms with Crippen LogP contribution in [0.4, 0.5) is 0 Å². The minimum Gasteiger partial charge on any atom is -0.361 e. The zero-order chi connectivity index (χ0) is 22.2. The molecule has 0 radical (unpaired) electrons. The van der Waals surface area contributed by atoms with Crippen LogP contribution in [-0.4, -0.2) is 52.9 Å². The van der Waals surface area contributed by atoms with Crippen LogP contribution in [0.25, 0.3) is 11.3 Å². The molecule has 0 unspecified atom stereocenters. The molecule has 3 aliphatic rings. The molecule has 1 atom stereocenters. The van der Waals surface area contributed by atoms with E-state index in [1.165, 1.54) is 32.1 Å². The lowest BCUT2D eigenvalue weighted by Gasteiger charge is -2.35. The molecular formula is C26H33N3O3. The second-order valence-electron chi connectivity index (χ2n) is 10.2. The highest BCUT2D eigenvalue weighted by molar-refractivity contribution is 5.85. The maximum absolute atomic E-state index is 14.0. The van der Waals surface area contributed by atoms with E-state index in [1.807, 2.05) is 41.3 Å². The standard InChI is InChI=1S/C26H33N3O3/c1-20(30)28-15-13-26(19-28,17-22-16-23(27-32-22)21-8-4-2-5-9-21)24(31)29-14-12-25(18-29)10-6-3-7-11-25/h2,4-5,8-9,16H,3,6-7,10-15,17-19H2,1H3/t26-/m1/s1. The molecule has 2 aliphatic heterocycles. The van der Waals surface area contributed by atoms with Crippen LogP contribution in [0.5, 0.6) is 0 Å². The Morgan fingerprint density at radius 2 is 1.72 bits per heavy atom. The second kappa shape index (κ2) is 8.38. The van der Waals surface area contributed by atoms with Gasteiger partial charge >= 0.3 is 0 Å². The van der Waals surface area contributed by atoms with Crippen molar-refractivity contribution >= 4 is 11.8 Å². The molecule has 1 saturated carbocycles. The van der Waals surface area contributed by atoms with E-state index < -0.39 is 5.41 Å². The Balaban J connectivity index is 1.38. The van der Waals surface area contributed by atoms with E-state index in [4.69, 9.17) is 4.52 Å². The lowest BCUT2D eigenvalue weighted by molar-refractivity contribution is -0.141. The van der Waals surface area contributed by atoms with E-state index in [1.54, 1.807) is 6.92 Å². The van der Waals surface area contributed by atoms with Gasteiger partial charge < -0.3 is 14.3 Å². The predicted octanol–water partition coefficient (Wildman–Crippen LogP) is 4.31. The molecule has 0 N–H and O–H groups in total. The number of likely N-dealkylation sites (tertiary alicyclic amines) is 2. The van der Waals surface area contributed by atoms with Crippen molar-refractivity contribution in [1.29, 1.82) is 0 Å². The van der Waals surface area contributed by atoms with Gasteiger partial charge in [-0.3, -0.25) is 9.59 Å². The highest BCUT2D eigenvalue weighted by Gasteiger charge is 2.51. The molecule has 1 aromatic carbocycles. The largest absolute Gasteiger partial charge is 0.361 e. The molecule has 3 fully saturated rings. The van der Waals surface area contributed by atoms with Crippen LogP contribution in [0.3, 0.4) is 0 Å². The molecule has 0 bridgehead atoms. The van der Waals surface area contributed by atoms with Gasteiger partial charge in [-0.2, -0.15) is 0 Å². The van der Waals surface area contributed by atoms with Crippen molar-refractivity contribution in [3.63, 3.8) is 0 Å². The fraction of sp³-hybridized carbons (Fsp3) is 0.577. The summed E-state index contributed by atoms with van der Waals surface area (Å²) in [6, 6.07) is 11.9. The van der Waals surface area contributed by atoms with Gasteiger partial charge in [0, 0.05) is 51.2 Å². The number of carbonyl (C=O) groups is 2. The van der Waals surface area contributed by atoms with Gasteiger partial charge in [-0.05, 0) is 31.1 Å². The first-order valence-electron chi connectivity index (χ1n) is 12.0. The monoisotopic (exact) mass is 435 g/mol. The normalized spacial score (nSPS) is 24.9. The topological polar surface area (TPSA) is 66.7 Å². The Morgan fingerprint density at radius 3 is 2.44 bits per heavy atom. The van der Waals surface area contributed by atoms with Gasteiger partial charge in [0.2, 0.25) is 11.8 Å². The highest BCUT2D eigenvalue weighted by Crippen LogP contribution is 2.46. The van der Waals surface area contributed by atoms with Crippen LogP contribution < -0.4 is 0 Å². The van der Waals surface area contributed by atoms with Crippen molar-refractivity contribution in [2.45, 2.75) is 58.3 Å². The lowest BCUT2D eigenvalue weighted by atomic mass is 9.73. The zero-order valence-corrected chi connectivity index (χ0v) is 19.0. The van der Waals surface area contributed by atoms with Crippen molar-refractivity contribution < 1.29 is 14.1 Å². The van der Waals surface area contributed by atoms with Crippen LogP contribution >= 0.6 is 0 Å². The van der Waals surface area contributed by atoms with Crippen LogP contribution in [0, 0.1) is 10.8 Å². The summed E-state index contributed by atoms with van der Waals surface area (Å²) >= 11 is 0. The molecule has 2 amide bonds. The molecule has 5 rings (SSSR count). The van der Waals surface area contributed by atoms with Crippen LogP contribution in [0.15, 0.2) is 40.9 Å². The van der Waals surface area contributed by atoms with Gasteiger partial charge in [-0.1, -0.05) is 54.8 Å². The molecule has 1 spiro atoms. The Kier molecular flexibility index (Phi) is 5.56. The number of benzene rings is 1. The van der Waals surface area contributed by atoms with E-state index in [9.17, 15) is 9.59 Å². The Labute approximate surface area is 189 Å². The first-order valence-corrected chi connectivity index (χ1v) is 12.0. The Hall–Kier alpha value is -2.63. The summed E-state index contributed by atoms with van der Waals surface area (Å²) in [6.45, 7) is 4.40. The number of hydrogen-bond acceptors (Lipinski definition) is 4. The maximum Gasteiger partial charge on any atom is 0.231 e. The van der Waals surface area contributed by atoms with E-state index in [0.717, 1.165) is 30.8 Å². The van der Waals surface area contributed by atoms with Crippen molar-refractivity contribution in [3.8, 4) is 11.3 Å². The quantitative estimate of drug-likeness (QED) is 0.718. The fourth-order valence-electron chi connectivity index (χ4n) is 6.16. The van der Waals surface area contributed by atoms with Gasteiger partial charge in [-0.25, -0.2) is 0 Å². The van der Waals surface area contributed by atoms with Gasteiger partial charge in [0.05, 0.1) is 5.41 Å². The molecule has 6 heteroatoms. The molecule has 3 heterocycles. The second-order valence-corrected chi connectivity index (χ2v) is 10.2. The summed E-state index contributed by atoms with van der Waals surface area (Å²) in [5.41, 5.74) is 1.48. The molecule has 2 aromatic rings. The van der Waals surface area contributed by atoms with E-state index in [2.05, 4.69) is 10.1 Å². The zero-order valence-electron chi connectivity index (χ0n) is 19.0. The van der Waals surface area contributed by atoms with Crippen LogP contribution in [0.2, 0.25) is 0 Å². The smallest absolute Gasteiger partial charge is 0.231 e. The molecule has 6 nitrogen and oxygen atoms in total. The molecule has 1 aliphatic carbocycles. The van der Waals surface area contributed by atoms with Gasteiger partial charge in [0.1, 0.15) is 11.5 Å². The summed E-state index contributed by atoms with van der Waals surface area (Å²) in [7, 11) is 0. The molecule has 170 valence electrons. The van der Waals surface area contributed by atoms with Crippen LogP contribution in [0.1, 0.15) is 57.6 Å². The summed E-state index contributed by atoms with van der Waals surface area (Å²) in [5, 5.41) is 4.26. The number of carbonyl (C=O) groups excluding carboxylic acids is 2. The van der Waals surface area contributed by atoms with Crippen molar-refractivity contribution in [3.05, 3.63) is 42.2 Å². The number of amides is 2. The molecule has 1 aromatic heterocycles. The number of hydrogen-bond donors (Lipinski definition) is 0. The Morgan fingerprint density at radius 1 is 0.969 bits per heavy atom. The third-order valence-corrected chi connectivity index (χ3v) is 8.03. The summed E-state index contributed by atoms with van der Waals surface area (Å²) in [6.07, 6.45) is 8.65. The van der Waals surface area contributed by atoms with Crippen molar-refractivity contribution in [2.24, 2.45) is 10.8 Å². The van der Waals surface area contributed by atoms with E-state index >= 15 is 0 Å². The SMILES string of the molecule is CC(=O)N1CC[C@](Cc2cc(-c3ccccc3)no2)(C(=O)N2CCC3(CCCCC3)C2)C1. The summed E-state index contributed by atoms with van der Waals surface area (Å²) < 4.78 is 5.70. The molecular weight excluding hydrogens is 402 g/mol. The van der Waals surface area contributed by atoms with Crippen LogP contribution in [-0.2, 0) is 16.0 Å². The number of rotatable bonds is 4. The number of nitrogens with zero attached hydrogens (tertiary/aromatic N) is 3. The van der Waals surface area contributed by atoms with E-state index in [0.29, 0.717) is 37.1 Å². The number of aromatic nitrogens is 1. The van der Waals surface area contributed by atoms with Crippen molar-refractivity contribution in [1.82, 2.24) is 15.0 Å². The van der Waals surface area contributed by atoms with Crippen molar-refractivity contribution in [2.75, 3.05) is 26.2 Å². The fourth-order valence-corrected chi connectivity index (χ4v) is 6.16. The molecule has 32 heavy (non-hydrogen) atoms. The minimum absolute atomic E-state index is 0.0346. The first-order chi connectivity index (χ1) is 15.5. The minimum atomic E-state index is -0.626. The lowest BCUT2D eigenvalue weighted by Crippen LogP contribution is -2.47. The predicted molar refractivity (Wildman–Crippen MR) is 122 cm³/mol. The third-order valence-electron chi connectivity index (χ3n) is 8.03. The molecule has 2 saturated heterocycles. The average molecular weight is 436 g/mol. The highest BCUT2D eigenvalue weighted by atomic mass is 16.5.